The van der Waals surface area contributed by atoms with E-state index in [1.165, 1.54) is 12.8 Å². The van der Waals surface area contributed by atoms with Crippen LogP contribution in [0.4, 0.5) is 0 Å². The molecule has 0 radical (unpaired) electrons. The van der Waals surface area contributed by atoms with Gasteiger partial charge in [0, 0.05) is 17.8 Å². The molecule has 0 aliphatic heterocycles. The van der Waals surface area contributed by atoms with Gasteiger partial charge in [0.2, 0.25) is 0 Å². The number of benzene rings is 2. The van der Waals surface area contributed by atoms with Crippen LogP contribution < -0.4 is 14.2 Å². The van der Waals surface area contributed by atoms with Gasteiger partial charge in [-0.2, -0.15) is 0 Å². The maximum atomic E-state index is 10.6. The normalized spacial score (nSPS) is 20.8. The Bertz CT molecular complexity index is 708. The smallest absolute Gasteiger partial charge is 0.127 e. The molecule has 146 valence electrons. The summed E-state index contributed by atoms with van der Waals surface area (Å²) >= 11 is -2.17. The van der Waals surface area contributed by atoms with Gasteiger partial charge >= 0.3 is 0 Å². The first kappa shape index (κ1) is 19.9. The molecule has 1 fully saturated rings. The van der Waals surface area contributed by atoms with E-state index in [9.17, 15) is 8.76 Å². The van der Waals surface area contributed by atoms with E-state index in [-0.39, 0.29) is 0 Å². The molecule has 5 nitrogen and oxygen atoms in total. The first-order valence-corrected chi connectivity index (χ1v) is 10.6. The van der Waals surface area contributed by atoms with E-state index in [1.807, 2.05) is 54.6 Å². The van der Waals surface area contributed by atoms with Gasteiger partial charge in [0.1, 0.15) is 17.2 Å². The van der Waals surface area contributed by atoms with E-state index in [0.717, 1.165) is 36.5 Å². The molecule has 0 saturated heterocycles. The molecule has 1 aliphatic carbocycles. The van der Waals surface area contributed by atoms with Gasteiger partial charge in [-0.05, 0) is 61.1 Å². The van der Waals surface area contributed by atoms with Gasteiger partial charge < -0.3 is 14.0 Å². The second-order valence-corrected chi connectivity index (χ2v) is 7.68. The molecule has 3 atom stereocenters. The van der Waals surface area contributed by atoms with Crippen LogP contribution in [-0.4, -0.2) is 21.9 Å². The molecule has 1 aliphatic rings. The average molecular weight is 389 g/mol. The summed E-state index contributed by atoms with van der Waals surface area (Å²) in [6, 6.07) is 17.4. The van der Waals surface area contributed by atoms with Crippen LogP contribution in [0, 0.1) is 11.8 Å². The van der Waals surface area contributed by atoms with Crippen molar-refractivity contribution in [2.45, 2.75) is 32.1 Å². The third-order valence-corrected chi connectivity index (χ3v) is 5.51. The van der Waals surface area contributed by atoms with Crippen LogP contribution in [0.3, 0.4) is 0 Å². The predicted molar refractivity (Wildman–Crippen MR) is 105 cm³/mol. The number of hydrogen-bond acceptors (Lipinski definition) is 4. The zero-order valence-electron chi connectivity index (χ0n) is 15.3. The Balaban J connectivity index is 1.48. The van der Waals surface area contributed by atoms with Gasteiger partial charge in [-0.25, -0.2) is 4.72 Å². The fourth-order valence-electron chi connectivity index (χ4n) is 3.64. The van der Waals surface area contributed by atoms with Crippen LogP contribution in [-0.2, 0) is 11.3 Å². The van der Waals surface area contributed by atoms with E-state index >= 15 is 0 Å². The summed E-state index contributed by atoms with van der Waals surface area (Å²) in [4.78, 5) is 0. The second kappa shape index (κ2) is 10.4. The van der Waals surface area contributed by atoms with Gasteiger partial charge in [-0.15, -0.1) is 0 Å². The summed E-state index contributed by atoms with van der Waals surface area (Å²) in [5.74, 6) is 3.40. The SMILES string of the molecule is O=S([O-])NCCC1CCCCC1COc1ccc(Oc2ccccc2)cc1. The fraction of sp³-hybridized carbons (Fsp3) is 0.429. The zero-order chi connectivity index (χ0) is 18.9. The quantitative estimate of drug-likeness (QED) is 0.645. The van der Waals surface area contributed by atoms with Crippen molar-refractivity contribution < 1.29 is 18.2 Å². The summed E-state index contributed by atoms with van der Waals surface area (Å²) in [6.07, 6.45) is 5.58. The first-order chi connectivity index (χ1) is 13.2. The van der Waals surface area contributed by atoms with Crippen molar-refractivity contribution in [1.29, 1.82) is 0 Å². The maximum absolute atomic E-state index is 10.6. The van der Waals surface area contributed by atoms with Crippen molar-refractivity contribution in [3.05, 3.63) is 54.6 Å². The molecule has 0 spiro atoms. The van der Waals surface area contributed by atoms with Gasteiger partial charge in [0.05, 0.1) is 6.61 Å². The van der Waals surface area contributed by atoms with Crippen LogP contribution >= 0.6 is 0 Å². The third kappa shape index (κ3) is 6.65. The Kier molecular flexibility index (Phi) is 7.68. The summed E-state index contributed by atoms with van der Waals surface area (Å²) in [5.41, 5.74) is 0. The highest BCUT2D eigenvalue weighted by atomic mass is 32.2. The molecule has 2 aromatic carbocycles. The van der Waals surface area contributed by atoms with Crippen molar-refractivity contribution in [3.63, 3.8) is 0 Å². The zero-order valence-corrected chi connectivity index (χ0v) is 16.2. The molecule has 2 aromatic rings. The van der Waals surface area contributed by atoms with Gasteiger partial charge in [0.25, 0.3) is 0 Å². The second-order valence-electron chi connectivity index (χ2n) is 6.92. The Labute approximate surface area is 163 Å². The van der Waals surface area contributed by atoms with Crippen molar-refractivity contribution >= 4 is 11.3 Å². The Morgan fingerprint density at radius 3 is 2.26 bits per heavy atom. The van der Waals surface area contributed by atoms with Crippen molar-refractivity contribution in [2.75, 3.05) is 13.2 Å². The van der Waals surface area contributed by atoms with Crippen LogP contribution in [0.25, 0.3) is 0 Å². The Morgan fingerprint density at radius 1 is 0.926 bits per heavy atom. The number of rotatable bonds is 9. The third-order valence-electron chi connectivity index (χ3n) is 5.07. The van der Waals surface area contributed by atoms with E-state index < -0.39 is 11.3 Å². The number of hydrogen-bond donors (Lipinski definition) is 1. The summed E-state index contributed by atoms with van der Waals surface area (Å²) in [6.45, 7) is 1.17. The van der Waals surface area contributed by atoms with Crippen molar-refractivity contribution in [2.24, 2.45) is 11.8 Å². The number of para-hydroxylation sites is 1. The minimum absolute atomic E-state index is 0.473. The monoisotopic (exact) mass is 388 g/mol. The molecular weight excluding hydrogens is 362 g/mol. The van der Waals surface area contributed by atoms with Crippen molar-refractivity contribution in [1.82, 2.24) is 4.72 Å². The predicted octanol–water partition coefficient (Wildman–Crippen LogP) is 4.44. The molecule has 3 rings (SSSR count). The lowest BCUT2D eigenvalue weighted by molar-refractivity contribution is 0.143. The standard InChI is InChI=1S/C21H27NO4S/c23-27(24)22-15-14-17-6-4-5-7-18(17)16-25-19-10-12-21(13-11-19)26-20-8-2-1-3-9-20/h1-3,8-13,17-18,22H,4-7,14-16H2,(H,23,24)/p-1. The van der Waals surface area contributed by atoms with Gasteiger partial charge in [-0.1, -0.05) is 37.5 Å². The topological polar surface area (TPSA) is 70.6 Å². The molecular formula is C21H26NO4S-. The highest BCUT2D eigenvalue weighted by Gasteiger charge is 2.25. The van der Waals surface area contributed by atoms with Crippen LogP contribution in [0.2, 0.25) is 0 Å². The highest BCUT2D eigenvalue weighted by Crippen LogP contribution is 2.33. The van der Waals surface area contributed by atoms with Gasteiger partial charge in [0.15, 0.2) is 0 Å². The molecule has 1 saturated carbocycles. The minimum atomic E-state index is -2.17. The lowest BCUT2D eigenvalue weighted by Crippen LogP contribution is -2.29. The number of ether oxygens (including phenoxy) is 2. The van der Waals surface area contributed by atoms with E-state index in [2.05, 4.69) is 4.72 Å². The van der Waals surface area contributed by atoms with E-state index in [1.54, 1.807) is 0 Å². The van der Waals surface area contributed by atoms with E-state index in [0.29, 0.717) is 25.0 Å². The highest BCUT2D eigenvalue weighted by molar-refractivity contribution is 7.77. The maximum Gasteiger partial charge on any atom is 0.127 e. The molecule has 27 heavy (non-hydrogen) atoms. The summed E-state index contributed by atoms with van der Waals surface area (Å²) < 4.78 is 35.5. The lowest BCUT2D eigenvalue weighted by atomic mass is 9.78. The van der Waals surface area contributed by atoms with E-state index in [4.69, 9.17) is 9.47 Å². The number of nitrogens with one attached hydrogen (secondary N) is 1. The summed E-state index contributed by atoms with van der Waals surface area (Å²) in [7, 11) is 0. The molecule has 6 heteroatoms. The largest absolute Gasteiger partial charge is 0.760 e. The van der Waals surface area contributed by atoms with Crippen LogP contribution in [0.1, 0.15) is 32.1 Å². The molecule has 0 aromatic heterocycles. The molecule has 1 N–H and O–H groups in total. The molecule has 3 unspecified atom stereocenters. The first-order valence-electron chi connectivity index (χ1n) is 9.49. The summed E-state index contributed by atoms with van der Waals surface area (Å²) in [5, 5.41) is 0. The molecule has 0 heterocycles. The Hall–Kier alpha value is -1.89. The van der Waals surface area contributed by atoms with Crippen LogP contribution in [0.5, 0.6) is 17.2 Å². The average Bonchev–Trinajstić information content (AvgIpc) is 2.69. The molecule has 0 amide bonds. The van der Waals surface area contributed by atoms with Gasteiger partial charge in [-0.3, -0.25) is 4.21 Å². The fourth-order valence-corrected chi connectivity index (χ4v) is 3.93. The molecule has 0 bridgehead atoms. The lowest BCUT2D eigenvalue weighted by Gasteiger charge is -2.31. The minimum Gasteiger partial charge on any atom is -0.760 e. The van der Waals surface area contributed by atoms with Crippen molar-refractivity contribution in [3.8, 4) is 17.2 Å². The van der Waals surface area contributed by atoms with Crippen LogP contribution in [0.15, 0.2) is 54.6 Å². The Morgan fingerprint density at radius 2 is 1.56 bits per heavy atom.